The molecule has 0 amide bonds. The Morgan fingerprint density at radius 3 is 2.29 bits per heavy atom. The molecule has 0 saturated heterocycles. The first-order valence-electron chi connectivity index (χ1n) is 7.26. The number of thioether (sulfide) groups is 1. The quantitative estimate of drug-likeness (QED) is 0.741. The Morgan fingerprint density at radius 1 is 1.00 bits per heavy atom. The summed E-state index contributed by atoms with van der Waals surface area (Å²) in [6.45, 7) is 1.02. The van der Waals surface area contributed by atoms with Gasteiger partial charge in [0, 0.05) is 0 Å². The monoisotopic (exact) mass is 301 g/mol. The summed E-state index contributed by atoms with van der Waals surface area (Å²) in [5.41, 5.74) is 2.57. The predicted molar refractivity (Wildman–Crippen MR) is 92.3 cm³/mol. The number of nitrogens with one attached hydrogen (secondary N) is 1. The van der Waals surface area contributed by atoms with Gasteiger partial charge < -0.3 is 10.1 Å². The molecule has 0 aliphatic heterocycles. The van der Waals surface area contributed by atoms with Crippen LogP contribution >= 0.6 is 11.8 Å². The van der Waals surface area contributed by atoms with Crippen LogP contribution in [0.1, 0.15) is 23.6 Å². The molecule has 0 aromatic heterocycles. The Bertz CT molecular complexity index is 513. The number of benzene rings is 2. The SMILES string of the molecule is COc1ccc(C(NCCCSC)c2ccccc2)cc1. The number of rotatable bonds is 8. The molecular formula is C18H23NOS. The molecule has 0 aliphatic carbocycles. The number of methoxy groups -OCH3 is 1. The van der Waals surface area contributed by atoms with Crippen LogP contribution in [0.3, 0.4) is 0 Å². The van der Waals surface area contributed by atoms with Crippen LogP contribution < -0.4 is 10.1 Å². The molecule has 21 heavy (non-hydrogen) atoms. The lowest BCUT2D eigenvalue weighted by atomic mass is 9.98. The minimum absolute atomic E-state index is 0.235. The van der Waals surface area contributed by atoms with E-state index in [-0.39, 0.29) is 6.04 Å². The van der Waals surface area contributed by atoms with E-state index in [1.807, 2.05) is 23.9 Å². The van der Waals surface area contributed by atoms with Crippen molar-refractivity contribution in [2.24, 2.45) is 0 Å². The minimum atomic E-state index is 0.235. The highest BCUT2D eigenvalue weighted by Gasteiger charge is 2.12. The third-order valence-corrected chi connectivity index (χ3v) is 4.15. The zero-order valence-corrected chi connectivity index (χ0v) is 13.5. The van der Waals surface area contributed by atoms with Gasteiger partial charge in [0.1, 0.15) is 5.75 Å². The predicted octanol–water partition coefficient (Wildman–Crippen LogP) is 4.13. The second-order valence-electron chi connectivity index (χ2n) is 4.92. The molecule has 3 heteroatoms. The van der Waals surface area contributed by atoms with Gasteiger partial charge in [-0.15, -0.1) is 0 Å². The molecule has 0 saturated carbocycles. The van der Waals surface area contributed by atoms with Crippen LogP contribution in [0.4, 0.5) is 0 Å². The summed E-state index contributed by atoms with van der Waals surface area (Å²) in [6.07, 6.45) is 3.33. The van der Waals surface area contributed by atoms with Crippen molar-refractivity contribution >= 4 is 11.8 Å². The van der Waals surface area contributed by atoms with Crippen LogP contribution in [0, 0.1) is 0 Å². The van der Waals surface area contributed by atoms with E-state index in [9.17, 15) is 0 Å². The van der Waals surface area contributed by atoms with E-state index in [0.29, 0.717) is 0 Å². The standard InChI is InChI=1S/C18H23NOS/c1-20-17-11-9-16(10-12-17)18(19-13-6-14-21-2)15-7-4-3-5-8-15/h3-5,7-12,18-19H,6,13-14H2,1-2H3. The lowest BCUT2D eigenvalue weighted by molar-refractivity contribution is 0.414. The molecule has 0 radical (unpaired) electrons. The Labute approximate surface area is 131 Å². The highest BCUT2D eigenvalue weighted by atomic mass is 32.2. The van der Waals surface area contributed by atoms with Gasteiger partial charge in [-0.05, 0) is 48.2 Å². The fourth-order valence-corrected chi connectivity index (χ4v) is 2.77. The molecule has 0 spiro atoms. The van der Waals surface area contributed by atoms with Crippen molar-refractivity contribution in [1.29, 1.82) is 0 Å². The topological polar surface area (TPSA) is 21.3 Å². The molecule has 2 rings (SSSR count). The molecular weight excluding hydrogens is 278 g/mol. The van der Waals surface area contributed by atoms with Crippen molar-refractivity contribution < 1.29 is 4.74 Å². The molecule has 2 aromatic carbocycles. The van der Waals surface area contributed by atoms with Gasteiger partial charge in [0.25, 0.3) is 0 Å². The van der Waals surface area contributed by atoms with Gasteiger partial charge >= 0.3 is 0 Å². The lowest BCUT2D eigenvalue weighted by Gasteiger charge is -2.20. The number of ether oxygens (including phenoxy) is 1. The average Bonchev–Trinajstić information content (AvgIpc) is 2.56. The van der Waals surface area contributed by atoms with Crippen molar-refractivity contribution in [2.45, 2.75) is 12.5 Å². The Kier molecular flexibility index (Phi) is 6.64. The maximum atomic E-state index is 5.24. The zero-order valence-electron chi connectivity index (χ0n) is 12.7. The van der Waals surface area contributed by atoms with E-state index in [4.69, 9.17) is 4.74 Å². The van der Waals surface area contributed by atoms with Crippen LogP contribution in [0.25, 0.3) is 0 Å². The van der Waals surface area contributed by atoms with Gasteiger partial charge in [-0.25, -0.2) is 0 Å². The molecule has 1 N–H and O–H groups in total. The van der Waals surface area contributed by atoms with Gasteiger partial charge in [-0.3, -0.25) is 0 Å². The second-order valence-corrected chi connectivity index (χ2v) is 5.90. The summed E-state index contributed by atoms with van der Waals surface area (Å²) >= 11 is 1.89. The molecule has 2 nitrogen and oxygen atoms in total. The third kappa shape index (κ3) is 4.80. The normalized spacial score (nSPS) is 12.1. The Morgan fingerprint density at radius 2 is 1.67 bits per heavy atom. The first-order chi connectivity index (χ1) is 10.3. The minimum Gasteiger partial charge on any atom is -0.497 e. The second kappa shape index (κ2) is 8.75. The van der Waals surface area contributed by atoms with Gasteiger partial charge in [0.15, 0.2) is 0 Å². The van der Waals surface area contributed by atoms with Crippen LogP contribution in [-0.4, -0.2) is 25.7 Å². The van der Waals surface area contributed by atoms with E-state index in [1.54, 1.807) is 7.11 Å². The molecule has 0 fully saturated rings. The van der Waals surface area contributed by atoms with Crippen LogP contribution in [-0.2, 0) is 0 Å². The van der Waals surface area contributed by atoms with Crippen molar-refractivity contribution in [3.8, 4) is 5.75 Å². The summed E-state index contributed by atoms with van der Waals surface area (Å²) in [5.74, 6) is 2.09. The molecule has 0 aliphatic rings. The Balaban J connectivity index is 2.14. The van der Waals surface area contributed by atoms with E-state index in [1.165, 1.54) is 23.3 Å². The first kappa shape index (κ1) is 15.9. The zero-order chi connectivity index (χ0) is 14.9. The van der Waals surface area contributed by atoms with Crippen molar-refractivity contribution in [2.75, 3.05) is 25.7 Å². The number of hydrogen-bond donors (Lipinski definition) is 1. The van der Waals surface area contributed by atoms with Gasteiger partial charge in [0.2, 0.25) is 0 Å². The summed E-state index contributed by atoms with van der Waals surface area (Å²) in [4.78, 5) is 0. The van der Waals surface area contributed by atoms with Gasteiger partial charge in [-0.1, -0.05) is 42.5 Å². The summed E-state index contributed by atoms with van der Waals surface area (Å²) in [7, 11) is 1.70. The van der Waals surface area contributed by atoms with E-state index >= 15 is 0 Å². The summed E-state index contributed by atoms with van der Waals surface area (Å²) in [6, 6.07) is 19.2. The lowest BCUT2D eigenvalue weighted by Crippen LogP contribution is -2.23. The molecule has 1 unspecified atom stereocenters. The number of hydrogen-bond acceptors (Lipinski definition) is 3. The third-order valence-electron chi connectivity index (χ3n) is 3.46. The smallest absolute Gasteiger partial charge is 0.118 e. The van der Waals surface area contributed by atoms with E-state index in [0.717, 1.165) is 12.3 Å². The summed E-state index contributed by atoms with van der Waals surface area (Å²) < 4.78 is 5.24. The summed E-state index contributed by atoms with van der Waals surface area (Å²) in [5, 5.41) is 3.67. The first-order valence-corrected chi connectivity index (χ1v) is 8.65. The largest absolute Gasteiger partial charge is 0.497 e. The maximum absolute atomic E-state index is 5.24. The fraction of sp³-hybridized carbons (Fsp3) is 0.333. The van der Waals surface area contributed by atoms with Crippen LogP contribution in [0.5, 0.6) is 5.75 Å². The molecule has 1 atom stereocenters. The van der Waals surface area contributed by atoms with E-state index < -0.39 is 0 Å². The molecule has 112 valence electrons. The highest BCUT2D eigenvalue weighted by Crippen LogP contribution is 2.24. The highest BCUT2D eigenvalue weighted by molar-refractivity contribution is 7.98. The fourth-order valence-electron chi connectivity index (χ4n) is 2.33. The van der Waals surface area contributed by atoms with Crippen LogP contribution in [0.15, 0.2) is 54.6 Å². The molecule has 0 heterocycles. The van der Waals surface area contributed by atoms with Crippen molar-refractivity contribution in [3.05, 3.63) is 65.7 Å². The van der Waals surface area contributed by atoms with Crippen LogP contribution in [0.2, 0.25) is 0 Å². The van der Waals surface area contributed by atoms with E-state index in [2.05, 4.69) is 54.0 Å². The Hall–Kier alpha value is -1.45. The molecule has 0 bridgehead atoms. The van der Waals surface area contributed by atoms with Crippen molar-refractivity contribution in [1.82, 2.24) is 5.32 Å². The van der Waals surface area contributed by atoms with Gasteiger partial charge in [-0.2, -0.15) is 11.8 Å². The molecule has 2 aromatic rings. The maximum Gasteiger partial charge on any atom is 0.118 e. The van der Waals surface area contributed by atoms with Crippen molar-refractivity contribution in [3.63, 3.8) is 0 Å². The average molecular weight is 301 g/mol. The van der Waals surface area contributed by atoms with Gasteiger partial charge in [0.05, 0.1) is 13.2 Å².